The van der Waals surface area contributed by atoms with E-state index in [4.69, 9.17) is 0 Å². The van der Waals surface area contributed by atoms with Crippen molar-refractivity contribution in [1.82, 2.24) is 0 Å². The Morgan fingerprint density at radius 1 is 0.227 bits per heavy atom. The lowest BCUT2D eigenvalue weighted by atomic mass is 9.82. The van der Waals surface area contributed by atoms with E-state index in [0.717, 1.165) is 0 Å². The highest BCUT2D eigenvalue weighted by atomic mass is 14.3. The van der Waals surface area contributed by atoms with Gasteiger partial charge in [0.05, 0.1) is 0 Å². The Bertz CT molecular complexity index is 2630. The van der Waals surface area contributed by atoms with Crippen LogP contribution in [0.5, 0.6) is 0 Å². The molecule has 0 heteroatoms. The third-order valence-corrected chi connectivity index (χ3v) is 9.74. The molecule has 0 saturated heterocycles. The molecule has 0 nitrogen and oxygen atoms in total. The van der Waals surface area contributed by atoms with Crippen molar-refractivity contribution in [2.45, 2.75) is 0 Å². The van der Waals surface area contributed by atoms with Crippen molar-refractivity contribution in [2.24, 2.45) is 0 Å². The van der Waals surface area contributed by atoms with Crippen LogP contribution in [-0.2, 0) is 0 Å². The summed E-state index contributed by atoms with van der Waals surface area (Å²) in [7, 11) is 0. The van der Waals surface area contributed by atoms with Gasteiger partial charge in [0.2, 0.25) is 0 Å². The van der Waals surface area contributed by atoms with Crippen molar-refractivity contribution in [3.63, 3.8) is 0 Å². The lowest BCUT2D eigenvalue weighted by molar-refractivity contribution is 1.62. The third kappa shape index (κ3) is 3.07. The van der Waals surface area contributed by atoms with Gasteiger partial charge in [-0.15, -0.1) is 0 Å². The van der Waals surface area contributed by atoms with Crippen LogP contribution in [0.25, 0.3) is 98.4 Å². The highest BCUT2D eigenvalue weighted by Crippen LogP contribution is 2.59. The molecule has 202 valence electrons. The normalized spacial score (nSPS) is 12.1. The Kier molecular flexibility index (Phi) is 4.81. The van der Waals surface area contributed by atoms with E-state index in [0.29, 0.717) is 0 Å². The van der Waals surface area contributed by atoms with Crippen molar-refractivity contribution in [3.8, 4) is 44.5 Å². The first-order valence-electron chi connectivity index (χ1n) is 15.4. The summed E-state index contributed by atoms with van der Waals surface area (Å²) in [6.45, 7) is 0. The van der Waals surface area contributed by atoms with E-state index >= 15 is 0 Å². The van der Waals surface area contributed by atoms with Crippen LogP contribution in [0.15, 0.2) is 158 Å². The number of benzene rings is 9. The van der Waals surface area contributed by atoms with Gasteiger partial charge < -0.3 is 0 Å². The molecule has 44 heavy (non-hydrogen) atoms. The van der Waals surface area contributed by atoms with Crippen LogP contribution in [0, 0.1) is 0 Å². The zero-order valence-corrected chi connectivity index (χ0v) is 24.0. The van der Waals surface area contributed by atoms with Gasteiger partial charge in [-0.25, -0.2) is 0 Å². The monoisotopic (exact) mass is 554 g/mol. The lowest BCUT2D eigenvalue weighted by Gasteiger charge is -2.20. The molecular weight excluding hydrogens is 528 g/mol. The summed E-state index contributed by atoms with van der Waals surface area (Å²) in [5.41, 5.74) is 10.5. The summed E-state index contributed by atoms with van der Waals surface area (Å²) in [6, 6.07) is 58.3. The SMILES string of the molecule is c1ccc(-c2c3c(c(-c4ccccc4)c4ccccc24)-c2cc4c5ccccc5c5ccccc5c4c4cccc-3c24)cc1. The van der Waals surface area contributed by atoms with Crippen molar-refractivity contribution >= 4 is 53.9 Å². The number of hydrogen-bond donors (Lipinski definition) is 0. The molecule has 0 atom stereocenters. The summed E-state index contributed by atoms with van der Waals surface area (Å²) < 4.78 is 0. The molecule has 0 aromatic heterocycles. The van der Waals surface area contributed by atoms with Crippen molar-refractivity contribution in [1.29, 1.82) is 0 Å². The van der Waals surface area contributed by atoms with Crippen LogP contribution in [0.1, 0.15) is 0 Å². The summed E-state index contributed by atoms with van der Waals surface area (Å²) in [6.07, 6.45) is 0. The van der Waals surface area contributed by atoms with Crippen LogP contribution in [0.2, 0.25) is 0 Å². The lowest BCUT2D eigenvalue weighted by Crippen LogP contribution is -1.93. The highest BCUT2D eigenvalue weighted by Gasteiger charge is 2.31. The van der Waals surface area contributed by atoms with Gasteiger partial charge in [-0.1, -0.05) is 152 Å². The standard InChI is InChI=1S/C44H26/c1-3-14-27(15-4-1)39-33-22-11-12-23-34(33)40(28-16-5-2-6-17-28)44-38-26-37-31-20-8-7-18-29(31)30-19-9-10-21-32(30)41(37)35-24-13-25-36(42(35)38)43(39)44/h1-26H. The van der Waals surface area contributed by atoms with Gasteiger partial charge in [-0.05, 0) is 104 Å². The van der Waals surface area contributed by atoms with Gasteiger partial charge in [0.25, 0.3) is 0 Å². The fraction of sp³-hybridized carbons (Fsp3) is 0. The quantitative estimate of drug-likeness (QED) is 0.186. The van der Waals surface area contributed by atoms with E-state index in [1.807, 2.05) is 0 Å². The minimum absolute atomic E-state index is 1.25. The average molecular weight is 555 g/mol. The van der Waals surface area contributed by atoms with E-state index in [9.17, 15) is 0 Å². The Hall–Kier alpha value is -5.72. The molecule has 0 heterocycles. The molecule has 0 radical (unpaired) electrons. The van der Waals surface area contributed by atoms with Gasteiger partial charge in [0, 0.05) is 0 Å². The molecule has 0 spiro atoms. The van der Waals surface area contributed by atoms with Crippen LogP contribution in [0.3, 0.4) is 0 Å². The summed E-state index contributed by atoms with van der Waals surface area (Å²) in [4.78, 5) is 0. The number of hydrogen-bond acceptors (Lipinski definition) is 0. The van der Waals surface area contributed by atoms with E-state index in [1.54, 1.807) is 0 Å². The Labute approximate surface area is 255 Å². The first kappa shape index (κ1) is 23.8. The molecule has 1 aliphatic rings. The zero-order valence-electron chi connectivity index (χ0n) is 24.0. The maximum atomic E-state index is 2.51. The van der Waals surface area contributed by atoms with Crippen LogP contribution in [0.4, 0.5) is 0 Å². The molecule has 1 aliphatic carbocycles. The van der Waals surface area contributed by atoms with E-state index in [-0.39, 0.29) is 0 Å². The van der Waals surface area contributed by atoms with E-state index in [1.165, 1.54) is 98.4 Å². The minimum Gasteiger partial charge on any atom is -0.0622 e. The van der Waals surface area contributed by atoms with Gasteiger partial charge in [-0.2, -0.15) is 0 Å². The first-order chi connectivity index (χ1) is 21.9. The van der Waals surface area contributed by atoms with Crippen molar-refractivity contribution in [3.05, 3.63) is 158 Å². The van der Waals surface area contributed by atoms with Gasteiger partial charge in [0.15, 0.2) is 0 Å². The molecule has 0 amide bonds. The zero-order chi connectivity index (χ0) is 28.8. The molecule has 0 aliphatic heterocycles. The third-order valence-electron chi connectivity index (χ3n) is 9.74. The smallest absolute Gasteiger partial charge is 0.000719 e. The molecule has 0 N–H and O–H groups in total. The van der Waals surface area contributed by atoms with Crippen LogP contribution >= 0.6 is 0 Å². The number of fused-ring (bicyclic) bond motifs is 11. The summed E-state index contributed by atoms with van der Waals surface area (Å²) in [5.74, 6) is 0. The molecule has 0 unspecified atom stereocenters. The topological polar surface area (TPSA) is 0 Å². The first-order valence-corrected chi connectivity index (χ1v) is 15.4. The Morgan fingerprint density at radius 3 is 1.25 bits per heavy atom. The second-order valence-corrected chi connectivity index (χ2v) is 11.9. The fourth-order valence-corrected chi connectivity index (χ4v) is 8.07. The second kappa shape index (κ2) is 8.89. The molecule has 0 fully saturated rings. The predicted octanol–water partition coefficient (Wildman–Crippen LogP) is 12.4. The Balaban J connectivity index is 1.50. The molecule has 9 aromatic rings. The van der Waals surface area contributed by atoms with E-state index < -0.39 is 0 Å². The van der Waals surface area contributed by atoms with Crippen LogP contribution in [-0.4, -0.2) is 0 Å². The Morgan fingerprint density at radius 2 is 0.659 bits per heavy atom. The summed E-state index contributed by atoms with van der Waals surface area (Å²) >= 11 is 0. The molecule has 0 bridgehead atoms. The van der Waals surface area contributed by atoms with Gasteiger partial charge >= 0.3 is 0 Å². The molecule has 9 aromatic carbocycles. The van der Waals surface area contributed by atoms with Gasteiger partial charge in [0.1, 0.15) is 0 Å². The second-order valence-electron chi connectivity index (χ2n) is 11.9. The fourth-order valence-electron chi connectivity index (χ4n) is 8.07. The number of rotatable bonds is 2. The van der Waals surface area contributed by atoms with Crippen LogP contribution < -0.4 is 0 Å². The molecule has 10 rings (SSSR count). The largest absolute Gasteiger partial charge is 0.0622 e. The highest BCUT2D eigenvalue weighted by molar-refractivity contribution is 6.37. The molecular formula is C44H26. The summed E-state index contributed by atoms with van der Waals surface area (Å²) in [5, 5.41) is 13.2. The maximum Gasteiger partial charge on any atom is -0.000719 e. The predicted molar refractivity (Wildman–Crippen MR) is 189 cm³/mol. The van der Waals surface area contributed by atoms with Gasteiger partial charge in [-0.3, -0.25) is 0 Å². The van der Waals surface area contributed by atoms with E-state index in [2.05, 4.69) is 158 Å². The minimum atomic E-state index is 1.25. The van der Waals surface area contributed by atoms with Crippen molar-refractivity contribution in [2.75, 3.05) is 0 Å². The maximum absolute atomic E-state index is 2.51. The average Bonchev–Trinajstić information content (AvgIpc) is 3.42. The molecule has 0 saturated carbocycles. The van der Waals surface area contributed by atoms with Crippen molar-refractivity contribution < 1.29 is 0 Å².